The van der Waals surface area contributed by atoms with Gasteiger partial charge in [0.05, 0.1) is 35.0 Å². The predicted molar refractivity (Wildman–Crippen MR) is 71.7 cm³/mol. The first-order valence-electron chi connectivity index (χ1n) is 5.53. The molecule has 0 saturated heterocycles. The van der Waals surface area contributed by atoms with Crippen LogP contribution in [0.3, 0.4) is 0 Å². The van der Waals surface area contributed by atoms with Crippen molar-refractivity contribution in [2.24, 2.45) is 0 Å². The monoisotopic (exact) mass is 280 g/mol. The van der Waals surface area contributed by atoms with Crippen molar-refractivity contribution in [2.45, 2.75) is 10.6 Å². The summed E-state index contributed by atoms with van der Waals surface area (Å²) in [7, 11) is 0.136. The summed E-state index contributed by atoms with van der Waals surface area (Å²) in [5, 5.41) is 0. The SMILES string of the molecule is COc1cccc(CS(=O)c2ccc(N)c(F)c2)n1. The molecule has 1 atom stereocenters. The quantitative estimate of drug-likeness (QED) is 0.871. The Kier molecular flexibility index (Phi) is 4.11. The van der Waals surface area contributed by atoms with Gasteiger partial charge in [-0.2, -0.15) is 0 Å². The van der Waals surface area contributed by atoms with Gasteiger partial charge in [0.15, 0.2) is 0 Å². The van der Waals surface area contributed by atoms with E-state index in [9.17, 15) is 8.60 Å². The lowest BCUT2D eigenvalue weighted by Gasteiger charge is -2.05. The lowest BCUT2D eigenvalue weighted by molar-refractivity contribution is 0.397. The molecule has 0 bridgehead atoms. The van der Waals surface area contributed by atoms with Crippen LogP contribution in [0.5, 0.6) is 5.88 Å². The first-order valence-corrected chi connectivity index (χ1v) is 6.85. The van der Waals surface area contributed by atoms with Gasteiger partial charge in [0.2, 0.25) is 5.88 Å². The van der Waals surface area contributed by atoms with Crippen LogP contribution in [0.25, 0.3) is 0 Å². The van der Waals surface area contributed by atoms with E-state index < -0.39 is 16.6 Å². The second-order valence-corrected chi connectivity index (χ2v) is 5.30. The minimum absolute atomic E-state index is 0.0419. The Morgan fingerprint density at radius 3 is 2.84 bits per heavy atom. The summed E-state index contributed by atoms with van der Waals surface area (Å²) >= 11 is 0. The Hall–Kier alpha value is -1.95. The fraction of sp³-hybridized carbons (Fsp3) is 0.154. The number of hydrogen-bond acceptors (Lipinski definition) is 4. The molecule has 0 aliphatic rings. The topological polar surface area (TPSA) is 65.2 Å². The van der Waals surface area contributed by atoms with Gasteiger partial charge in [0.25, 0.3) is 0 Å². The summed E-state index contributed by atoms with van der Waals surface area (Å²) in [6, 6.07) is 9.35. The maximum absolute atomic E-state index is 13.3. The average molecular weight is 280 g/mol. The van der Waals surface area contributed by atoms with Gasteiger partial charge in [-0.05, 0) is 24.3 Å². The molecule has 0 aliphatic carbocycles. The highest BCUT2D eigenvalue weighted by molar-refractivity contribution is 7.84. The molecule has 0 saturated carbocycles. The predicted octanol–water partition coefficient (Wildman–Crippen LogP) is 2.12. The molecule has 19 heavy (non-hydrogen) atoms. The van der Waals surface area contributed by atoms with Gasteiger partial charge in [0, 0.05) is 11.0 Å². The van der Waals surface area contributed by atoms with Crippen molar-refractivity contribution in [1.29, 1.82) is 0 Å². The Morgan fingerprint density at radius 2 is 2.16 bits per heavy atom. The first-order chi connectivity index (χ1) is 9.10. The smallest absolute Gasteiger partial charge is 0.213 e. The fourth-order valence-corrected chi connectivity index (χ4v) is 2.57. The summed E-state index contributed by atoms with van der Waals surface area (Å²) in [4.78, 5) is 4.55. The maximum atomic E-state index is 13.3. The summed E-state index contributed by atoms with van der Waals surface area (Å²) in [5.74, 6) is 0.0861. The van der Waals surface area contributed by atoms with Crippen molar-refractivity contribution in [3.8, 4) is 5.88 Å². The highest BCUT2D eigenvalue weighted by atomic mass is 32.2. The standard InChI is InChI=1S/C13H13FN2O2S/c1-18-13-4-2-3-9(16-13)8-19(17)10-5-6-12(15)11(14)7-10/h2-7H,8,15H2,1H3. The van der Waals surface area contributed by atoms with E-state index in [1.54, 1.807) is 24.3 Å². The van der Waals surface area contributed by atoms with E-state index in [2.05, 4.69) is 4.98 Å². The van der Waals surface area contributed by atoms with Crippen LogP contribution in [0.2, 0.25) is 0 Å². The van der Waals surface area contributed by atoms with Crippen molar-refractivity contribution in [3.63, 3.8) is 0 Å². The molecule has 2 aromatic rings. The second kappa shape index (κ2) is 5.79. The van der Waals surface area contributed by atoms with Crippen LogP contribution in [0.1, 0.15) is 5.69 Å². The molecule has 1 aromatic carbocycles. The van der Waals surface area contributed by atoms with Crippen LogP contribution in [-0.4, -0.2) is 16.3 Å². The molecule has 2 rings (SSSR count). The van der Waals surface area contributed by atoms with Crippen molar-refractivity contribution < 1.29 is 13.3 Å². The number of hydrogen-bond donors (Lipinski definition) is 1. The highest BCUT2D eigenvalue weighted by Gasteiger charge is 2.09. The van der Waals surface area contributed by atoms with E-state index in [0.717, 1.165) is 0 Å². The van der Waals surface area contributed by atoms with Crippen molar-refractivity contribution in [3.05, 3.63) is 47.9 Å². The maximum Gasteiger partial charge on any atom is 0.213 e. The van der Waals surface area contributed by atoms with Gasteiger partial charge in [-0.25, -0.2) is 9.37 Å². The molecule has 0 fully saturated rings. The molecule has 4 nitrogen and oxygen atoms in total. The van der Waals surface area contributed by atoms with Gasteiger partial charge in [-0.3, -0.25) is 4.21 Å². The fourth-order valence-electron chi connectivity index (χ4n) is 1.52. The van der Waals surface area contributed by atoms with Crippen LogP contribution in [-0.2, 0) is 16.6 Å². The second-order valence-electron chi connectivity index (χ2n) is 3.84. The number of anilines is 1. The third kappa shape index (κ3) is 3.29. The van der Waals surface area contributed by atoms with Crippen molar-refractivity contribution in [2.75, 3.05) is 12.8 Å². The molecule has 6 heteroatoms. The van der Waals surface area contributed by atoms with Gasteiger partial charge in [-0.15, -0.1) is 0 Å². The minimum atomic E-state index is -1.38. The number of benzene rings is 1. The Bertz CT molecular complexity index is 619. The first kappa shape index (κ1) is 13.5. The Labute approximate surface area is 112 Å². The summed E-state index contributed by atoms with van der Waals surface area (Å²) in [5.41, 5.74) is 6.04. The number of rotatable bonds is 4. The molecule has 0 radical (unpaired) electrons. The van der Waals surface area contributed by atoms with Gasteiger partial charge >= 0.3 is 0 Å². The lowest BCUT2D eigenvalue weighted by Crippen LogP contribution is -2.01. The molecule has 0 spiro atoms. The third-order valence-electron chi connectivity index (χ3n) is 2.50. The third-order valence-corrected chi connectivity index (χ3v) is 3.84. The number of pyridine rings is 1. The van der Waals surface area contributed by atoms with Crippen LogP contribution in [0.4, 0.5) is 10.1 Å². The van der Waals surface area contributed by atoms with E-state index in [4.69, 9.17) is 10.5 Å². The van der Waals surface area contributed by atoms with Gasteiger partial charge < -0.3 is 10.5 Å². The molecule has 0 amide bonds. The molecule has 0 aliphatic heterocycles. The van der Waals surface area contributed by atoms with E-state index in [0.29, 0.717) is 16.5 Å². The van der Waals surface area contributed by atoms with E-state index in [1.165, 1.54) is 19.2 Å². The number of aromatic nitrogens is 1. The largest absolute Gasteiger partial charge is 0.481 e. The lowest BCUT2D eigenvalue weighted by atomic mass is 10.3. The molecular weight excluding hydrogens is 267 g/mol. The number of nitrogens with zero attached hydrogens (tertiary/aromatic N) is 1. The van der Waals surface area contributed by atoms with Crippen LogP contribution < -0.4 is 10.5 Å². The van der Waals surface area contributed by atoms with Gasteiger partial charge in [0.1, 0.15) is 5.82 Å². The van der Waals surface area contributed by atoms with Gasteiger partial charge in [-0.1, -0.05) is 6.07 Å². The molecule has 2 N–H and O–H groups in total. The zero-order valence-corrected chi connectivity index (χ0v) is 11.1. The normalized spacial score (nSPS) is 12.1. The molecular formula is C13H13FN2O2S. The van der Waals surface area contributed by atoms with Crippen molar-refractivity contribution in [1.82, 2.24) is 4.98 Å². The van der Waals surface area contributed by atoms with E-state index in [1.807, 2.05) is 0 Å². The number of nitrogen functional groups attached to an aromatic ring is 1. The highest BCUT2D eigenvalue weighted by Crippen LogP contribution is 2.17. The number of halogens is 1. The van der Waals surface area contributed by atoms with Crippen LogP contribution >= 0.6 is 0 Å². The molecule has 100 valence electrons. The summed E-state index contributed by atoms with van der Waals surface area (Å²) in [6.07, 6.45) is 0. The zero-order valence-electron chi connectivity index (χ0n) is 10.3. The van der Waals surface area contributed by atoms with E-state index >= 15 is 0 Å². The van der Waals surface area contributed by atoms with E-state index in [-0.39, 0.29) is 11.4 Å². The Balaban J connectivity index is 2.18. The summed E-state index contributed by atoms with van der Waals surface area (Å²) in [6.45, 7) is 0. The molecule has 1 unspecified atom stereocenters. The number of methoxy groups -OCH3 is 1. The van der Waals surface area contributed by atoms with Crippen LogP contribution in [0, 0.1) is 5.82 Å². The molecule has 1 heterocycles. The minimum Gasteiger partial charge on any atom is -0.481 e. The summed E-state index contributed by atoms with van der Waals surface area (Å²) < 4.78 is 30.4. The Morgan fingerprint density at radius 1 is 1.37 bits per heavy atom. The molecule has 1 aromatic heterocycles. The zero-order chi connectivity index (χ0) is 13.8. The average Bonchev–Trinajstić information content (AvgIpc) is 2.42. The van der Waals surface area contributed by atoms with Crippen LogP contribution in [0.15, 0.2) is 41.3 Å². The van der Waals surface area contributed by atoms with Crippen molar-refractivity contribution >= 4 is 16.5 Å². The number of nitrogens with two attached hydrogens (primary N) is 1. The number of ether oxygens (including phenoxy) is 1.